The topological polar surface area (TPSA) is 399 Å². The summed E-state index contributed by atoms with van der Waals surface area (Å²) in [6.07, 6.45) is -2.86. The number of aliphatic hydroxyl groups is 1. The summed E-state index contributed by atoms with van der Waals surface area (Å²) in [5.41, 5.74) is -2.08. The van der Waals surface area contributed by atoms with E-state index in [9.17, 15) is 71.4 Å². The molecular weight excluding hydrogens is 1390 g/mol. The monoisotopic (exact) mass is 1450 g/mol. The predicted octanol–water partition coefficient (Wildman–Crippen LogP) is 7.38. The second kappa shape index (κ2) is 35.2. The molecule has 0 bridgehead atoms. The van der Waals surface area contributed by atoms with E-state index >= 15 is 0 Å². The van der Waals surface area contributed by atoms with Crippen LogP contribution in [0.4, 0.5) is 8.78 Å². The molecule has 27 nitrogen and oxygen atoms in total. The molecule has 6 heterocycles. The number of carbonyl (C=O) groups excluding carboxylic acids is 6. The van der Waals surface area contributed by atoms with Crippen molar-refractivity contribution in [3.63, 3.8) is 0 Å². The fourth-order valence-electron chi connectivity index (χ4n) is 10.1. The molecule has 30 heteroatoms. The zero-order valence-corrected chi connectivity index (χ0v) is 58.4. The quantitative estimate of drug-likeness (QED) is 0.0252. The molecule has 2 N–H and O–H groups in total. The Morgan fingerprint density at radius 3 is 0.857 bits per heavy atom. The van der Waals surface area contributed by atoms with Gasteiger partial charge < -0.3 is 79.8 Å². The van der Waals surface area contributed by atoms with E-state index in [0.717, 1.165) is 36.4 Å². The van der Waals surface area contributed by atoms with E-state index in [4.69, 9.17) is 59.7 Å². The summed E-state index contributed by atoms with van der Waals surface area (Å²) in [6, 6.07) is 33.7. The van der Waals surface area contributed by atoms with Crippen LogP contribution in [0.3, 0.4) is 0 Å². The first-order valence-corrected chi connectivity index (χ1v) is 31.1. The maximum absolute atomic E-state index is 14.6. The summed E-state index contributed by atoms with van der Waals surface area (Å²) in [6.45, 7) is 4.62. The van der Waals surface area contributed by atoms with Gasteiger partial charge in [0, 0.05) is 70.1 Å². The zero-order chi connectivity index (χ0) is 73.8. The summed E-state index contributed by atoms with van der Waals surface area (Å²) >= 11 is 0. The number of alkyl halides is 2. The Bertz CT molecular complexity index is 5580. The van der Waals surface area contributed by atoms with E-state index in [1.54, 1.807) is 55.5 Å². The van der Waals surface area contributed by atoms with Crippen LogP contribution in [0.5, 0.6) is 34.5 Å². The Morgan fingerprint density at radius 2 is 0.610 bits per heavy atom. The molecule has 536 valence electrons. The molecule has 6 aromatic carbocycles. The molecule has 12 rings (SSSR count). The Labute approximate surface area is 610 Å². The maximum atomic E-state index is 14.6. The number of aliphatic hydroxyl groups excluding tert-OH is 1. The third-order valence-electron chi connectivity index (χ3n) is 14.8. The van der Waals surface area contributed by atoms with Gasteiger partial charge in [0.1, 0.15) is 146 Å². The van der Waals surface area contributed by atoms with Crippen molar-refractivity contribution in [1.29, 1.82) is 0 Å². The van der Waals surface area contributed by atoms with Gasteiger partial charge in [0.2, 0.25) is 5.76 Å². The van der Waals surface area contributed by atoms with Crippen molar-refractivity contribution in [2.75, 3.05) is 46.2 Å². The van der Waals surface area contributed by atoms with Crippen LogP contribution >= 0.6 is 0 Å². The number of rotatable bonds is 25. The van der Waals surface area contributed by atoms with Crippen LogP contribution in [0.25, 0.3) is 65.8 Å². The van der Waals surface area contributed by atoms with Crippen molar-refractivity contribution in [3.8, 4) is 34.5 Å². The van der Waals surface area contributed by atoms with Crippen LogP contribution in [0.2, 0.25) is 0 Å². The van der Waals surface area contributed by atoms with E-state index in [1.807, 2.05) is 0 Å². The van der Waals surface area contributed by atoms with Crippen LogP contribution in [0, 0.1) is 0 Å². The van der Waals surface area contributed by atoms with Crippen molar-refractivity contribution in [2.45, 2.75) is 53.1 Å². The van der Waals surface area contributed by atoms with E-state index in [2.05, 4.69) is 0 Å². The van der Waals surface area contributed by atoms with Crippen LogP contribution in [0.1, 0.15) is 93.2 Å². The Hall–Kier alpha value is -12.0. The van der Waals surface area contributed by atoms with E-state index in [1.165, 1.54) is 94.6 Å². The second-order valence-corrected chi connectivity index (χ2v) is 22.4. The van der Waals surface area contributed by atoms with Gasteiger partial charge in [-0.1, -0.05) is 36.4 Å². The standard InChI is InChI=1S/C26H21FO9.C25H20O9.C24H16FO8.Na.H2O/c1-3-32-26(31)23-11-17(30)25-19(7-5-9-21(25)36-23)34-13-15(27)12-33-18-6-4-8-20-24(18)16(29)10-22(35-20)14(2)28;1-13(26)22-9-16(29)24-18(5-3-7-20(24)33-22)31-11-15(28)12-32-19-6-4-8-21-25(19)17(30)10-23(34-21)14(2)27;1-13(27)22-9-17(29)24-19(5-3-7-21(24)33-22)31-12-14(25)11-30-18-4-2-6-20-23(18)16(28)8-15(10-26)32-20;;/h4-11,15H,3,12-13H2,1-2H3;3-10,15,28H,11-12H2,1-2H3;2-9,14H,11-12H2,1H3;;1H2/q;;-1;+1;/p-1. The van der Waals surface area contributed by atoms with Crippen molar-refractivity contribution in [2.24, 2.45) is 0 Å². The predicted molar refractivity (Wildman–Crippen MR) is 366 cm³/mol. The number of halogens is 2. The van der Waals surface area contributed by atoms with Crippen molar-refractivity contribution >= 4 is 101 Å². The first kappa shape index (κ1) is 78.7. The minimum absolute atomic E-state index is 0. The van der Waals surface area contributed by atoms with Gasteiger partial charge in [-0.25, -0.2) is 13.6 Å². The minimum atomic E-state index is -1.63. The van der Waals surface area contributed by atoms with Crippen LogP contribution in [-0.4, -0.2) is 111 Å². The molecular formula is C75H58F2NaO27-. The molecule has 0 saturated heterocycles. The molecule has 0 aliphatic heterocycles. The third-order valence-corrected chi connectivity index (χ3v) is 14.8. The fourth-order valence-corrected chi connectivity index (χ4v) is 10.1. The van der Waals surface area contributed by atoms with Crippen LogP contribution in [-0.2, 0) is 9.53 Å². The molecule has 2 unspecified atom stereocenters. The van der Waals surface area contributed by atoms with Crippen molar-refractivity contribution < 1.29 is 137 Å². The van der Waals surface area contributed by atoms with Gasteiger partial charge >= 0.3 is 35.5 Å². The number of ketones is 4. The number of benzene rings is 6. The van der Waals surface area contributed by atoms with Gasteiger partial charge in [-0.15, -0.1) is 6.07 Å². The first-order chi connectivity index (χ1) is 49.4. The molecule has 0 saturated carbocycles. The summed E-state index contributed by atoms with van der Waals surface area (Å²) in [7, 11) is 0. The third kappa shape index (κ3) is 18.8. The molecule has 105 heavy (non-hydrogen) atoms. The number of hydrogen-bond acceptors (Lipinski definition) is 27. The van der Waals surface area contributed by atoms with E-state index in [0.29, 0.717) is 0 Å². The number of carbonyl (C=O) groups is 5. The molecule has 0 aliphatic carbocycles. The SMILES string of the molecule is CC(=O)c1cc(=O)c2c(OCC(F)COc3cccc4oc([C-]=O)cc(=O)c34)cccc2o1.CC(=O)c1cc(=O)c2c(OCC(O)COc3cccc4oc(C(C)=O)cc(=O)c34)cccc2o1.CCOC(=O)c1cc(=O)c2c(OCC(F)COc3cccc4oc(C(C)=O)cc(=O)c34)cccc2o1.[Na+].[OH-]. The van der Waals surface area contributed by atoms with Gasteiger partial charge in [0.25, 0.3) is 0 Å². The summed E-state index contributed by atoms with van der Waals surface area (Å²) in [4.78, 5) is 143. The number of fused-ring (bicyclic) bond motifs is 6. The summed E-state index contributed by atoms with van der Waals surface area (Å²) in [5, 5.41) is 10.9. The first-order valence-electron chi connectivity index (χ1n) is 31.1. The molecule has 0 spiro atoms. The molecule has 6 aromatic heterocycles. The number of hydrogen-bond donors (Lipinski definition) is 1. The average molecular weight is 1450 g/mol. The number of esters is 1. The molecule has 0 aliphatic rings. The van der Waals surface area contributed by atoms with E-state index < -0.39 is 95.0 Å². The smallest absolute Gasteiger partial charge is 0.870 e. The van der Waals surface area contributed by atoms with Gasteiger partial charge in [-0.2, -0.15) is 0 Å². The van der Waals surface area contributed by atoms with Gasteiger partial charge in [-0.05, 0) is 79.7 Å². The molecule has 0 fully saturated rings. The Kier molecular flexibility index (Phi) is 26.4. The average Bonchev–Trinajstić information content (AvgIpc) is 0.813. The largest absolute Gasteiger partial charge is 1.00 e. The zero-order valence-electron chi connectivity index (χ0n) is 56.4. The van der Waals surface area contributed by atoms with Gasteiger partial charge in [-0.3, -0.25) is 43.2 Å². The van der Waals surface area contributed by atoms with Crippen LogP contribution < -0.4 is 90.6 Å². The Balaban J connectivity index is 0.000000197. The normalized spacial score (nSPS) is 11.4. The Morgan fingerprint density at radius 1 is 0.381 bits per heavy atom. The number of Topliss-reactive ketones (excluding diaryl/α,β-unsaturated/α-hetero) is 4. The van der Waals surface area contributed by atoms with Gasteiger partial charge in [0.05, 0.1) is 12.0 Å². The number of ether oxygens (including phenoxy) is 7. The second-order valence-electron chi connectivity index (χ2n) is 22.4. The van der Waals surface area contributed by atoms with Crippen LogP contribution in [0.15, 0.2) is 201 Å². The summed E-state index contributed by atoms with van der Waals surface area (Å²) < 4.78 is 99.6. The fraction of sp³-hybridized carbons (Fsp3) is 0.200. The molecule has 2 atom stereocenters. The van der Waals surface area contributed by atoms with Crippen molar-refractivity contribution in [3.05, 3.63) is 241 Å². The molecule has 0 radical (unpaired) electrons. The maximum Gasteiger partial charge on any atom is 1.00 e. The molecule has 0 amide bonds. The van der Waals surface area contributed by atoms with Gasteiger partial charge in [0.15, 0.2) is 85.7 Å². The minimum Gasteiger partial charge on any atom is -0.870 e. The van der Waals surface area contributed by atoms with Crippen molar-refractivity contribution in [1.82, 2.24) is 0 Å². The summed E-state index contributed by atoms with van der Waals surface area (Å²) in [5.74, 6) is -2.40. The van der Waals surface area contributed by atoms with E-state index in [-0.39, 0.29) is 201 Å². The molecule has 12 aromatic rings.